The van der Waals surface area contributed by atoms with Crippen LogP contribution in [0, 0.1) is 0 Å². The molecule has 0 unspecified atom stereocenters. The quantitative estimate of drug-likeness (QED) is 0.184. The van der Waals surface area contributed by atoms with Crippen LogP contribution in [-0.4, -0.2) is 78.5 Å². The third-order valence-electron chi connectivity index (χ3n) is 7.12. The third kappa shape index (κ3) is 9.99. The summed E-state index contributed by atoms with van der Waals surface area (Å²) in [5, 5.41) is 18.0. The monoisotopic (exact) mass is 660 g/mol. The molecule has 244 valence electrons. The number of rotatable bonds is 8. The van der Waals surface area contributed by atoms with Crippen LogP contribution in [0.3, 0.4) is 0 Å². The summed E-state index contributed by atoms with van der Waals surface area (Å²) in [6.07, 6.45) is 15.0. The number of carbonyl (C=O) groups is 4. The highest BCUT2D eigenvalue weighted by Crippen LogP contribution is 2.22. The fraction of sp³-hybridized carbons (Fsp3) is 0.281. The molecule has 47 heavy (non-hydrogen) atoms. The van der Waals surface area contributed by atoms with Crippen molar-refractivity contribution >= 4 is 65.6 Å². The van der Waals surface area contributed by atoms with Gasteiger partial charge in [-0.25, -0.2) is 24.7 Å². The number of aliphatic carboxylic acids is 1. The van der Waals surface area contributed by atoms with Crippen LogP contribution in [0.2, 0.25) is 0 Å². The average Bonchev–Trinajstić information content (AvgIpc) is 3.02. The maximum atomic E-state index is 12.3. The first-order chi connectivity index (χ1) is 22.2. The maximum absolute atomic E-state index is 12.3. The first-order valence-electron chi connectivity index (χ1n) is 14.6. The number of aromatic nitrogens is 4. The molecule has 0 bridgehead atoms. The minimum Gasteiger partial charge on any atom is -0.478 e. The molecule has 0 aromatic carbocycles. The van der Waals surface area contributed by atoms with Gasteiger partial charge in [0.15, 0.2) is 6.10 Å². The molecule has 0 aliphatic carbocycles. The zero-order valence-electron chi connectivity index (χ0n) is 25.5. The highest BCUT2D eigenvalue weighted by Gasteiger charge is 2.31. The molecule has 3 aliphatic rings. The lowest BCUT2D eigenvalue weighted by atomic mass is 10.0. The number of carbonyl (C=O) groups excluding carboxylic acids is 3. The van der Waals surface area contributed by atoms with Crippen molar-refractivity contribution in [1.29, 1.82) is 0 Å². The van der Waals surface area contributed by atoms with E-state index in [1.54, 1.807) is 35.6 Å². The number of nitrogens with zero attached hydrogens (tertiary/aromatic N) is 6. The first-order valence-corrected chi connectivity index (χ1v) is 14.6. The van der Waals surface area contributed by atoms with Gasteiger partial charge in [-0.3, -0.25) is 14.4 Å². The molecule has 3 aliphatic heterocycles. The minimum atomic E-state index is -0.994. The van der Waals surface area contributed by atoms with Crippen LogP contribution in [0.5, 0.6) is 0 Å². The number of likely N-dealkylation sites (tertiary alicyclic amines) is 1. The summed E-state index contributed by atoms with van der Waals surface area (Å²) in [6, 6.07) is 5.55. The topological polar surface area (TPSA) is 189 Å². The lowest BCUT2D eigenvalue weighted by molar-refractivity contribution is -0.139. The lowest BCUT2D eigenvalue weighted by Crippen LogP contribution is -2.53. The normalized spacial score (nSPS) is 15.7. The molecule has 15 heteroatoms. The summed E-state index contributed by atoms with van der Waals surface area (Å²) in [4.78, 5) is 69.0. The summed E-state index contributed by atoms with van der Waals surface area (Å²) < 4.78 is 0. The number of aryl methyl sites for hydroxylation is 2. The SMILES string of the molecule is CC(Cc1ncccn1)=NOC1CN(C(=O)/C=C/c2cnc3c(c2)CCC(=O)N3)C1.Cl.O=C(O)/C=C/c1cnc2c(c1)CCC(=O)N2. The van der Waals surface area contributed by atoms with Gasteiger partial charge in [-0.2, -0.15) is 0 Å². The van der Waals surface area contributed by atoms with E-state index in [-0.39, 0.29) is 36.2 Å². The third-order valence-corrected chi connectivity index (χ3v) is 7.12. The first kappa shape index (κ1) is 34.4. The van der Waals surface area contributed by atoms with Crippen LogP contribution in [0.15, 0.2) is 60.3 Å². The van der Waals surface area contributed by atoms with Gasteiger partial charge < -0.3 is 25.5 Å². The molecule has 0 saturated carbocycles. The van der Waals surface area contributed by atoms with Crippen LogP contribution in [0.1, 0.15) is 47.8 Å². The number of hydrogen-bond acceptors (Lipinski definition) is 10. The second-order valence-electron chi connectivity index (χ2n) is 10.8. The summed E-state index contributed by atoms with van der Waals surface area (Å²) in [7, 11) is 0. The Morgan fingerprint density at radius 1 is 0.915 bits per heavy atom. The molecule has 6 heterocycles. The maximum Gasteiger partial charge on any atom is 0.328 e. The Balaban J connectivity index is 0.000000249. The number of amides is 3. The second kappa shape index (κ2) is 16.2. The molecule has 3 N–H and O–H groups in total. The number of carboxylic acid groups (broad SMARTS) is 1. The molecule has 3 aromatic rings. The van der Waals surface area contributed by atoms with Crippen molar-refractivity contribution in [3.63, 3.8) is 0 Å². The predicted octanol–water partition coefficient (Wildman–Crippen LogP) is 3.10. The molecular formula is C32H33ClN8O6. The number of oxime groups is 1. The zero-order chi connectivity index (χ0) is 32.5. The molecule has 14 nitrogen and oxygen atoms in total. The Morgan fingerprint density at radius 3 is 2.02 bits per heavy atom. The van der Waals surface area contributed by atoms with E-state index < -0.39 is 5.97 Å². The van der Waals surface area contributed by atoms with E-state index in [1.807, 2.05) is 19.1 Å². The number of pyridine rings is 2. The van der Waals surface area contributed by atoms with E-state index >= 15 is 0 Å². The second-order valence-corrected chi connectivity index (χ2v) is 10.8. The van der Waals surface area contributed by atoms with Gasteiger partial charge in [0, 0.05) is 56.2 Å². The molecular weight excluding hydrogens is 628 g/mol. The van der Waals surface area contributed by atoms with Crippen LogP contribution in [0.25, 0.3) is 12.2 Å². The molecule has 6 rings (SSSR count). The molecule has 3 amide bonds. The fourth-order valence-corrected chi connectivity index (χ4v) is 4.70. The van der Waals surface area contributed by atoms with Crippen molar-refractivity contribution in [3.05, 3.63) is 83.2 Å². The van der Waals surface area contributed by atoms with Gasteiger partial charge in [0.2, 0.25) is 17.7 Å². The van der Waals surface area contributed by atoms with E-state index in [1.165, 1.54) is 18.3 Å². The predicted molar refractivity (Wildman–Crippen MR) is 176 cm³/mol. The van der Waals surface area contributed by atoms with Crippen molar-refractivity contribution in [2.45, 2.75) is 45.1 Å². The minimum absolute atomic E-state index is 0. The number of anilines is 2. The van der Waals surface area contributed by atoms with E-state index in [2.05, 4.69) is 35.7 Å². The number of nitrogens with one attached hydrogen (secondary N) is 2. The summed E-state index contributed by atoms with van der Waals surface area (Å²) in [5.41, 5.74) is 4.25. The molecule has 1 saturated heterocycles. The van der Waals surface area contributed by atoms with Crippen molar-refractivity contribution in [1.82, 2.24) is 24.8 Å². The van der Waals surface area contributed by atoms with E-state index in [0.29, 0.717) is 62.7 Å². The van der Waals surface area contributed by atoms with Crippen molar-refractivity contribution < 1.29 is 29.1 Å². The largest absolute Gasteiger partial charge is 0.478 e. The van der Waals surface area contributed by atoms with E-state index in [9.17, 15) is 19.2 Å². The molecule has 1 fully saturated rings. The average molecular weight is 661 g/mol. The number of carboxylic acids is 1. The van der Waals surface area contributed by atoms with Crippen LogP contribution in [-0.2, 0) is 43.3 Å². The molecule has 3 aromatic heterocycles. The number of fused-ring (bicyclic) bond motifs is 2. The Morgan fingerprint density at radius 2 is 1.47 bits per heavy atom. The van der Waals surface area contributed by atoms with Crippen LogP contribution in [0.4, 0.5) is 11.6 Å². The van der Waals surface area contributed by atoms with Crippen LogP contribution >= 0.6 is 12.4 Å². The van der Waals surface area contributed by atoms with Crippen molar-refractivity contribution in [2.24, 2.45) is 5.16 Å². The smallest absolute Gasteiger partial charge is 0.328 e. The van der Waals surface area contributed by atoms with Gasteiger partial charge in [-0.05, 0) is 72.4 Å². The molecule has 0 radical (unpaired) electrons. The number of hydrogen-bond donors (Lipinski definition) is 3. The Hall–Kier alpha value is -5.50. The fourth-order valence-electron chi connectivity index (χ4n) is 4.70. The van der Waals surface area contributed by atoms with E-state index in [4.69, 9.17) is 9.94 Å². The number of halogens is 1. The zero-order valence-corrected chi connectivity index (χ0v) is 26.3. The van der Waals surface area contributed by atoms with E-state index in [0.717, 1.165) is 34.0 Å². The Kier molecular flexibility index (Phi) is 11.8. The Bertz CT molecular complexity index is 1720. The van der Waals surface area contributed by atoms with Crippen molar-refractivity contribution in [3.8, 4) is 0 Å². The highest BCUT2D eigenvalue weighted by atomic mass is 35.5. The van der Waals surface area contributed by atoms with Gasteiger partial charge in [-0.1, -0.05) is 5.16 Å². The van der Waals surface area contributed by atoms with Crippen LogP contribution < -0.4 is 10.6 Å². The highest BCUT2D eigenvalue weighted by molar-refractivity contribution is 5.94. The lowest BCUT2D eigenvalue weighted by Gasteiger charge is -2.36. The summed E-state index contributed by atoms with van der Waals surface area (Å²) >= 11 is 0. The molecule has 0 spiro atoms. The van der Waals surface area contributed by atoms with Gasteiger partial charge in [-0.15, -0.1) is 12.4 Å². The van der Waals surface area contributed by atoms with Gasteiger partial charge in [0.1, 0.15) is 17.5 Å². The molecule has 0 atom stereocenters. The Labute approximate surface area is 276 Å². The van der Waals surface area contributed by atoms with Gasteiger partial charge in [0.05, 0.1) is 18.8 Å². The van der Waals surface area contributed by atoms with Crippen molar-refractivity contribution in [2.75, 3.05) is 23.7 Å². The summed E-state index contributed by atoms with van der Waals surface area (Å²) in [6.45, 7) is 2.85. The van der Waals surface area contributed by atoms with Gasteiger partial charge >= 0.3 is 5.97 Å². The summed E-state index contributed by atoms with van der Waals surface area (Å²) in [5.74, 6) is 0.739. The van der Waals surface area contributed by atoms with Gasteiger partial charge in [0.25, 0.3) is 0 Å². The standard InChI is InChI=1S/C21H22N6O3.C11H10N2O3.ClH/c1-14(9-18-22-7-2-8-23-18)26-30-17-12-27(13-17)20(29)6-3-15-10-16-4-5-19(28)25-21(16)24-11-15;14-9-3-2-8-5-7(1-4-10(15)16)6-12-11(8)13-9;/h2-3,6-8,10-11,17H,4-5,9,12-13H2,1H3,(H,24,25,28);1,4-6H,2-3H2,(H,15,16)(H,12,13,14);1H/b6-3+,26-14?;4-1+;.